The lowest BCUT2D eigenvalue weighted by Gasteiger charge is -2.49. The molecule has 0 saturated heterocycles. The molecule has 0 heterocycles. The summed E-state index contributed by atoms with van der Waals surface area (Å²) in [6.45, 7) is 7.31. The summed E-state index contributed by atoms with van der Waals surface area (Å²) in [5.74, 6) is 0. The Morgan fingerprint density at radius 2 is 2.20 bits per heavy atom. The van der Waals surface area contributed by atoms with Crippen molar-refractivity contribution in [1.82, 2.24) is 5.32 Å². The van der Waals surface area contributed by atoms with Gasteiger partial charge in [0.15, 0.2) is 0 Å². The zero-order valence-electron chi connectivity index (χ0n) is 7.02. The van der Waals surface area contributed by atoms with Crippen LogP contribution in [0.1, 0.15) is 27.2 Å². The smallest absolute Gasteiger partial charge is 0.0621 e. The molecule has 2 unspecified atom stereocenters. The first-order valence-corrected chi connectivity index (χ1v) is 4.00. The molecular formula is C8H17NO. The van der Waals surface area contributed by atoms with Crippen LogP contribution in [0.3, 0.4) is 0 Å². The second-order valence-corrected chi connectivity index (χ2v) is 3.68. The summed E-state index contributed by atoms with van der Waals surface area (Å²) in [4.78, 5) is 0. The van der Waals surface area contributed by atoms with Gasteiger partial charge in [0.05, 0.1) is 6.10 Å². The fourth-order valence-electron chi connectivity index (χ4n) is 1.50. The molecule has 1 rings (SSSR count). The molecule has 0 bridgehead atoms. The average molecular weight is 143 g/mol. The van der Waals surface area contributed by atoms with Gasteiger partial charge in [-0.1, -0.05) is 20.8 Å². The highest BCUT2D eigenvalue weighted by atomic mass is 16.3. The lowest BCUT2D eigenvalue weighted by Crippen LogP contribution is -2.59. The van der Waals surface area contributed by atoms with E-state index in [0.717, 1.165) is 13.0 Å². The Morgan fingerprint density at radius 3 is 2.50 bits per heavy atom. The van der Waals surface area contributed by atoms with Crippen molar-refractivity contribution < 1.29 is 5.11 Å². The maximum atomic E-state index is 9.33. The second-order valence-electron chi connectivity index (χ2n) is 3.68. The fourth-order valence-corrected chi connectivity index (χ4v) is 1.50. The molecular weight excluding hydrogens is 126 g/mol. The Balaban J connectivity index is 2.39. The van der Waals surface area contributed by atoms with Crippen molar-refractivity contribution in [2.75, 3.05) is 6.54 Å². The molecule has 0 radical (unpaired) electrons. The molecule has 0 aliphatic heterocycles. The molecule has 2 atom stereocenters. The van der Waals surface area contributed by atoms with E-state index < -0.39 is 0 Å². The van der Waals surface area contributed by atoms with Gasteiger partial charge >= 0.3 is 0 Å². The van der Waals surface area contributed by atoms with E-state index in [0.29, 0.717) is 6.04 Å². The van der Waals surface area contributed by atoms with Gasteiger partial charge in [0.2, 0.25) is 0 Å². The molecule has 10 heavy (non-hydrogen) atoms. The molecule has 0 aromatic heterocycles. The highest BCUT2D eigenvalue weighted by Crippen LogP contribution is 2.40. The zero-order valence-corrected chi connectivity index (χ0v) is 7.02. The van der Waals surface area contributed by atoms with E-state index >= 15 is 0 Å². The molecule has 2 nitrogen and oxygen atoms in total. The Hall–Kier alpha value is -0.0800. The van der Waals surface area contributed by atoms with Crippen LogP contribution in [-0.2, 0) is 0 Å². The van der Waals surface area contributed by atoms with Crippen LogP contribution in [0.15, 0.2) is 0 Å². The Bertz CT molecular complexity index is 120. The maximum absolute atomic E-state index is 9.33. The van der Waals surface area contributed by atoms with E-state index in [1.807, 2.05) is 0 Å². The quantitative estimate of drug-likeness (QED) is 0.598. The van der Waals surface area contributed by atoms with Crippen LogP contribution in [-0.4, -0.2) is 23.8 Å². The minimum atomic E-state index is -0.100. The summed E-state index contributed by atoms with van der Waals surface area (Å²) >= 11 is 0. The molecule has 60 valence electrons. The number of aliphatic hydroxyl groups is 1. The van der Waals surface area contributed by atoms with Crippen molar-refractivity contribution in [1.29, 1.82) is 0 Å². The Labute approximate surface area is 62.6 Å². The summed E-state index contributed by atoms with van der Waals surface area (Å²) < 4.78 is 0. The predicted molar refractivity (Wildman–Crippen MR) is 41.9 cm³/mol. The molecule has 2 heteroatoms. The van der Waals surface area contributed by atoms with Crippen molar-refractivity contribution in [2.45, 2.75) is 39.3 Å². The minimum absolute atomic E-state index is 0.0933. The first kappa shape index (κ1) is 8.02. The highest BCUT2D eigenvalue weighted by Gasteiger charge is 2.46. The van der Waals surface area contributed by atoms with Crippen LogP contribution >= 0.6 is 0 Å². The van der Waals surface area contributed by atoms with Gasteiger partial charge in [-0.15, -0.1) is 0 Å². The van der Waals surface area contributed by atoms with E-state index in [1.54, 1.807) is 0 Å². The van der Waals surface area contributed by atoms with Crippen LogP contribution in [0.25, 0.3) is 0 Å². The van der Waals surface area contributed by atoms with Gasteiger partial charge in [0, 0.05) is 11.5 Å². The topological polar surface area (TPSA) is 32.3 Å². The molecule has 0 aromatic carbocycles. The van der Waals surface area contributed by atoms with E-state index in [-0.39, 0.29) is 11.5 Å². The average Bonchev–Trinajstić information content (AvgIpc) is 1.88. The second kappa shape index (κ2) is 2.51. The van der Waals surface area contributed by atoms with Gasteiger partial charge in [-0.25, -0.2) is 0 Å². The molecule has 2 N–H and O–H groups in total. The van der Waals surface area contributed by atoms with E-state index in [9.17, 15) is 5.11 Å². The lowest BCUT2D eigenvalue weighted by molar-refractivity contribution is -0.0717. The van der Waals surface area contributed by atoms with Crippen molar-refractivity contribution in [3.05, 3.63) is 0 Å². The third-order valence-corrected chi connectivity index (χ3v) is 2.67. The number of nitrogens with one attached hydrogen (secondary N) is 1. The van der Waals surface area contributed by atoms with Gasteiger partial charge in [0.1, 0.15) is 0 Å². The largest absolute Gasteiger partial charge is 0.392 e. The van der Waals surface area contributed by atoms with E-state index in [2.05, 4.69) is 26.1 Å². The first-order chi connectivity index (χ1) is 4.59. The molecule has 1 aliphatic carbocycles. The van der Waals surface area contributed by atoms with Crippen LogP contribution in [0.4, 0.5) is 0 Å². The van der Waals surface area contributed by atoms with Crippen molar-refractivity contribution >= 4 is 0 Å². The SMILES string of the molecule is CCNC1CC(O)C1(C)C. The molecule has 0 spiro atoms. The zero-order chi connectivity index (χ0) is 7.78. The summed E-state index contributed by atoms with van der Waals surface area (Å²) in [6.07, 6.45) is 0.817. The Kier molecular flexibility index (Phi) is 2.02. The van der Waals surface area contributed by atoms with Crippen LogP contribution in [0.2, 0.25) is 0 Å². The summed E-state index contributed by atoms with van der Waals surface area (Å²) in [5.41, 5.74) is 0.0933. The van der Waals surface area contributed by atoms with Crippen LogP contribution < -0.4 is 5.32 Å². The van der Waals surface area contributed by atoms with Crippen molar-refractivity contribution in [3.63, 3.8) is 0 Å². The fraction of sp³-hybridized carbons (Fsp3) is 1.00. The Morgan fingerprint density at radius 1 is 1.60 bits per heavy atom. The molecule has 1 fully saturated rings. The minimum Gasteiger partial charge on any atom is -0.392 e. The van der Waals surface area contributed by atoms with Crippen molar-refractivity contribution in [2.24, 2.45) is 5.41 Å². The standard InChI is InChI=1S/C8H17NO/c1-4-9-6-5-7(10)8(6,2)3/h6-7,9-10H,4-5H2,1-3H3. The maximum Gasteiger partial charge on any atom is 0.0621 e. The summed E-state index contributed by atoms with van der Waals surface area (Å²) in [5, 5.41) is 12.7. The highest BCUT2D eigenvalue weighted by molar-refractivity contribution is 5.01. The predicted octanol–water partition coefficient (Wildman–Crippen LogP) is 0.755. The van der Waals surface area contributed by atoms with E-state index in [4.69, 9.17) is 0 Å². The lowest BCUT2D eigenvalue weighted by atomic mass is 9.64. The van der Waals surface area contributed by atoms with Crippen LogP contribution in [0.5, 0.6) is 0 Å². The molecule has 1 saturated carbocycles. The number of rotatable bonds is 2. The normalized spacial score (nSPS) is 37.2. The van der Waals surface area contributed by atoms with Gasteiger partial charge in [0.25, 0.3) is 0 Å². The monoisotopic (exact) mass is 143 g/mol. The number of hydrogen-bond donors (Lipinski definition) is 2. The number of hydrogen-bond acceptors (Lipinski definition) is 2. The van der Waals surface area contributed by atoms with Crippen molar-refractivity contribution in [3.8, 4) is 0 Å². The van der Waals surface area contributed by atoms with Gasteiger partial charge in [-0.2, -0.15) is 0 Å². The summed E-state index contributed by atoms with van der Waals surface area (Å²) in [6, 6.07) is 0.521. The third-order valence-electron chi connectivity index (χ3n) is 2.67. The third kappa shape index (κ3) is 1.06. The molecule has 1 aliphatic rings. The van der Waals surface area contributed by atoms with E-state index in [1.165, 1.54) is 0 Å². The van der Waals surface area contributed by atoms with Crippen LogP contribution in [0, 0.1) is 5.41 Å². The number of aliphatic hydroxyl groups excluding tert-OH is 1. The van der Waals surface area contributed by atoms with Gasteiger partial charge < -0.3 is 10.4 Å². The van der Waals surface area contributed by atoms with Gasteiger partial charge in [-0.3, -0.25) is 0 Å². The molecule has 0 aromatic rings. The molecule has 0 amide bonds. The first-order valence-electron chi connectivity index (χ1n) is 4.00. The van der Waals surface area contributed by atoms with Gasteiger partial charge in [-0.05, 0) is 13.0 Å². The summed E-state index contributed by atoms with van der Waals surface area (Å²) in [7, 11) is 0.